The number of nitrogens with two attached hydrogens (primary N) is 2. The molecule has 3 aromatic rings. The molecule has 182 valence electrons. The smallest absolute Gasteiger partial charge is 0.322 e. The lowest BCUT2D eigenvalue weighted by atomic mass is 9.96. The van der Waals surface area contributed by atoms with Gasteiger partial charge in [0.2, 0.25) is 0 Å². The number of nitrogen functional groups attached to an aromatic ring is 1. The zero-order valence-electron chi connectivity index (χ0n) is 19.5. The lowest BCUT2D eigenvalue weighted by Gasteiger charge is -2.36. The Morgan fingerprint density at radius 1 is 1.09 bits per heavy atom. The number of piperazine rings is 1. The van der Waals surface area contributed by atoms with Crippen LogP contribution >= 0.6 is 11.3 Å². The molecule has 1 aromatic carbocycles. The highest BCUT2D eigenvalue weighted by molar-refractivity contribution is 7.13. The molecule has 0 radical (unpaired) electrons. The van der Waals surface area contributed by atoms with Crippen LogP contribution in [0.2, 0.25) is 0 Å². The fourth-order valence-electron chi connectivity index (χ4n) is 4.52. The fraction of sp³-hybridized carbons (Fsp3) is 0.333. The number of anilines is 3. The molecule has 2 aliphatic heterocycles. The Hall–Kier alpha value is -3.70. The monoisotopic (exact) mass is 492 g/mol. The SMILES string of the molecule is CN1CCN(c2ccc(NC(=O)N3CCc4nc(C(N)=O)sc4C3c3ccccc3N)cn2)CC1. The Labute approximate surface area is 207 Å². The predicted octanol–water partition coefficient (Wildman–Crippen LogP) is 2.15. The second-order valence-electron chi connectivity index (χ2n) is 8.79. The van der Waals surface area contributed by atoms with Crippen molar-refractivity contribution >= 4 is 40.5 Å². The second kappa shape index (κ2) is 9.51. The largest absolute Gasteiger partial charge is 0.398 e. The van der Waals surface area contributed by atoms with Gasteiger partial charge in [-0.15, -0.1) is 11.3 Å². The van der Waals surface area contributed by atoms with Gasteiger partial charge in [-0.05, 0) is 25.2 Å². The van der Waals surface area contributed by atoms with Crippen molar-refractivity contribution in [2.24, 2.45) is 5.73 Å². The van der Waals surface area contributed by atoms with Gasteiger partial charge in [0.05, 0.1) is 28.5 Å². The van der Waals surface area contributed by atoms with Crippen molar-refractivity contribution in [1.29, 1.82) is 0 Å². The number of carbonyl (C=O) groups is 2. The number of hydrogen-bond acceptors (Lipinski definition) is 8. The molecule has 0 spiro atoms. The van der Waals surface area contributed by atoms with Gasteiger partial charge in [0, 0.05) is 50.4 Å². The maximum atomic E-state index is 13.5. The van der Waals surface area contributed by atoms with E-state index in [9.17, 15) is 9.59 Å². The molecule has 4 heterocycles. The summed E-state index contributed by atoms with van der Waals surface area (Å²) in [6, 6.07) is 10.5. The minimum Gasteiger partial charge on any atom is -0.398 e. The van der Waals surface area contributed by atoms with Gasteiger partial charge in [-0.1, -0.05) is 18.2 Å². The molecule has 2 aliphatic rings. The van der Waals surface area contributed by atoms with E-state index < -0.39 is 11.9 Å². The van der Waals surface area contributed by atoms with Crippen LogP contribution in [0.15, 0.2) is 42.6 Å². The van der Waals surface area contributed by atoms with Crippen LogP contribution in [0.5, 0.6) is 0 Å². The van der Waals surface area contributed by atoms with Gasteiger partial charge < -0.3 is 31.5 Å². The highest BCUT2D eigenvalue weighted by Crippen LogP contribution is 2.40. The predicted molar refractivity (Wildman–Crippen MR) is 137 cm³/mol. The normalized spacial score (nSPS) is 18.3. The number of nitrogens with one attached hydrogen (secondary N) is 1. The molecule has 1 fully saturated rings. The number of pyridine rings is 1. The van der Waals surface area contributed by atoms with Gasteiger partial charge in [0.1, 0.15) is 5.82 Å². The lowest BCUT2D eigenvalue weighted by Crippen LogP contribution is -2.44. The molecular weight excluding hydrogens is 464 g/mol. The van der Waals surface area contributed by atoms with Gasteiger partial charge in [-0.2, -0.15) is 0 Å². The van der Waals surface area contributed by atoms with E-state index >= 15 is 0 Å². The number of urea groups is 1. The van der Waals surface area contributed by atoms with Crippen molar-refractivity contribution in [3.63, 3.8) is 0 Å². The van der Waals surface area contributed by atoms with E-state index in [4.69, 9.17) is 11.5 Å². The van der Waals surface area contributed by atoms with Crippen LogP contribution in [0.3, 0.4) is 0 Å². The summed E-state index contributed by atoms with van der Waals surface area (Å²) >= 11 is 1.22. The number of likely N-dealkylation sites (N-methyl/N-ethyl adjacent to an activating group) is 1. The maximum Gasteiger partial charge on any atom is 0.322 e. The standard InChI is InChI=1S/C24H28N8O2S/c1-30-10-12-31(13-11-30)19-7-6-15(14-27-19)28-24(34)32-9-8-18-21(35-23(29-18)22(26)33)20(32)16-4-2-3-5-17(16)25/h2-7,14,20H,8-13,25H2,1H3,(H2,26,33)(H,28,34). The molecule has 3 amide bonds. The molecule has 5 N–H and O–H groups in total. The van der Waals surface area contributed by atoms with E-state index in [0.29, 0.717) is 24.3 Å². The first-order valence-electron chi connectivity index (χ1n) is 11.5. The summed E-state index contributed by atoms with van der Waals surface area (Å²) in [4.78, 5) is 41.3. The number of aromatic nitrogens is 2. The van der Waals surface area contributed by atoms with Crippen molar-refractivity contribution in [3.8, 4) is 0 Å². The summed E-state index contributed by atoms with van der Waals surface area (Å²) in [6.45, 7) is 4.26. The number of amides is 3. The summed E-state index contributed by atoms with van der Waals surface area (Å²) in [6.07, 6.45) is 2.21. The van der Waals surface area contributed by atoms with E-state index in [2.05, 4.69) is 32.1 Å². The zero-order valence-corrected chi connectivity index (χ0v) is 20.3. The van der Waals surface area contributed by atoms with Gasteiger partial charge >= 0.3 is 6.03 Å². The number of thiazole rings is 1. The quantitative estimate of drug-likeness (QED) is 0.475. The Kier molecular flexibility index (Phi) is 6.27. The number of primary amides is 1. The van der Waals surface area contributed by atoms with E-state index in [1.165, 1.54) is 11.3 Å². The van der Waals surface area contributed by atoms with Crippen molar-refractivity contribution in [2.75, 3.05) is 55.7 Å². The minimum atomic E-state index is -0.577. The highest BCUT2D eigenvalue weighted by atomic mass is 32.1. The lowest BCUT2D eigenvalue weighted by molar-refractivity contribution is 0.0999. The highest BCUT2D eigenvalue weighted by Gasteiger charge is 2.36. The molecular formula is C24H28N8O2S. The summed E-state index contributed by atoms with van der Waals surface area (Å²) in [7, 11) is 2.12. The zero-order chi connectivity index (χ0) is 24.5. The van der Waals surface area contributed by atoms with Crippen molar-refractivity contribution in [3.05, 3.63) is 63.7 Å². The number of carbonyl (C=O) groups excluding carboxylic acids is 2. The summed E-state index contributed by atoms with van der Waals surface area (Å²) in [5.41, 5.74) is 14.5. The average Bonchev–Trinajstić information content (AvgIpc) is 3.30. The molecule has 1 atom stereocenters. The molecule has 35 heavy (non-hydrogen) atoms. The van der Waals surface area contributed by atoms with Crippen LogP contribution < -0.4 is 21.7 Å². The molecule has 0 aliphatic carbocycles. The topological polar surface area (TPSA) is 134 Å². The van der Waals surface area contributed by atoms with Crippen LogP contribution in [0.1, 0.15) is 32.0 Å². The van der Waals surface area contributed by atoms with Crippen LogP contribution in [-0.2, 0) is 6.42 Å². The molecule has 2 aromatic heterocycles. The number of fused-ring (bicyclic) bond motifs is 1. The van der Waals surface area contributed by atoms with Crippen molar-refractivity contribution in [2.45, 2.75) is 12.5 Å². The van der Waals surface area contributed by atoms with E-state index in [1.807, 2.05) is 30.3 Å². The summed E-state index contributed by atoms with van der Waals surface area (Å²) in [5, 5.41) is 3.21. The molecule has 1 saturated heterocycles. The molecule has 10 nitrogen and oxygen atoms in total. The number of para-hydroxylation sites is 1. The first kappa shape index (κ1) is 23.1. The molecule has 11 heteroatoms. The molecule has 1 unspecified atom stereocenters. The Morgan fingerprint density at radius 3 is 2.54 bits per heavy atom. The molecule has 0 bridgehead atoms. The van der Waals surface area contributed by atoms with Crippen LogP contribution in [-0.4, -0.2) is 71.5 Å². The number of nitrogens with zero attached hydrogens (tertiary/aromatic N) is 5. The number of hydrogen-bond donors (Lipinski definition) is 3. The molecule has 0 saturated carbocycles. The molecule has 5 rings (SSSR count). The first-order valence-corrected chi connectivity index (χ1v) is 12.3. The van der Waals surface area contributed by atoms with Gasteiger partial charge in [0.25, 0.3) is 5.91 Å². The third-order valence-electron chi connectivity index (χ3n) is 6.47. The summed E-state index contributed by atoms with van der Waals surface area (Å²) < 4.78 is 0. The van der Waals surface area contributed by atoms with Crippen molar-refractivity contribution in [1.82, 2.24) is 19.8 Å². The minimum absolute atomic E-state index is 0.237. The third kappa shape index (κ3) is 4.64. The Balaban J connectivity index is 1.39. The second-order valence-corrected chi connectivity index (χ2v) is 9.83. The summed E-state index contributed by atoms with van der Waals surface area (Å²) in [5.74, 6) is 0.323. The maximum absolute atomic E-state index is 13.5. The van der Waals surface area contributed by atoms with Crippen LogP contribution in [0, 0.1) is 0 Å². The Morgan fingerprint density at radius 2 is 1.86 bits per heavy atom. The van der Waals surface area contributed by atoms with Gasteiger partial charge in [-0.3, -0.25) is 4.79 Å². The Bertz CT molecular complexity index is 1240. The van der Waals surface area contributed by atoms with E-state index in [0.717, 1.165) is 48.1 Å². The van der Waals surface area contributed by atoms with E-state index in [1.54, 1.807) is 17.2 Å². The average molecular weight is 493 g/mol. The van der Waals surface area contributed by atoms with Crippen LogP contribution in [0.25, 0.3) is 0 Å². The number of rotatable bonds is 4. The van der Waals surface area contributed by atoms with Crippen molar-refractivity contribution < 1.29 is 9.59 Å². The van der Waals surface area contributed by atoms with Gasteiger partial charge in [0.15, 0.2) is 5.01 Å². The fourth-order valence-corrected chi connectivity index (χ4v) is 5.62. The van der Waals surface area contributed by atoms with Crippen LogP contribution in [0.4, 0.5) is 22.0 Å². The van der Waals surface area contributed by atoms with E-state index in [-0.39, 0.29) is 11.0 Å². The number of benzene rings is 1. The first-order chi connectivity index (χ1) is 16.9. The van der Waals surface area contributed by atoms with Gasteiger partial charge in [-0.25, -0.2) is 14.8 Å². The third-order valence-corrected chi connectivity index (χ3v) is 7.63.